The Hall–Kier alpha value is -2.14. The number of aromatic nitrogens is 2. The van der Waals surface area contributed by atoms with E-state index in [1.54, 1.807) is 24.6 Å². The molecule has 0 fully saturated rings. The SMILES string of the molecule is COc1ccc2c(NCc3nc(C)cs3)nccc2c1. The molecule has 102 valence electrons. The Morgan fingerprint density at radius 3 is 2.95 bits per heavy atom. The quantitative estimate of drug-likeness (QED) is 0.795. The van der Waals surface area contributed by atoms with Crippen molar-refractivity contribution in [3.63, 3.8) is 0 Å². The molecule has 0 bridgehead atoms. The molecule has 2 aromatic heterocycles. The molecule has 0 aliphatic heterocycles. The highest BCUT2D eigenvalue weighted by Gasteiger charge is 2.05. The summed E-state index contributed by atoms with van der Waals surface area (Å²) in [5, 5.41) is 8.66. The number of nitrogens with zero attached hydrogens (tertiary/aromatic N) is 2. The number of pyridine rings is 1. The zero-order chi connectivity index (χ0) is 13.9. The van der Waals surface area contributed by atoms with Gasteiger partial charge in [-0.2, -0.15) is 0 Å². The Kier molecular flexibility index (Phi) is 3.52. The number of fused-ring (bicyclic) bond motifs is 1. The van der Waals surface area contributed by atoms with Crippen LogP contribution in [0.5, 0.6) is 5.75 Å². The van der Waals surface area contributed by atoms with Gasteiger partial charge in [0.15, 0.2) is 0 Å². The fourth-order valence-corrected chi connectivity index (χ4v) is 2.78. The maximum absolute atomic E-state index is 5.25. The minimum atomic E-state index is 0.691. The maximum Gasteiger partial charge on any atom is 0.134 e. The number of ether oxygens (including phenoxy) is 1. The van der Waals surface area contributed by atoms with Crippen molar-refractivity contribution in [2.24, 2.45) is 0 Å². The van der Waals surface area contributed by atoms with Gasteiger partial charge < -0.3 is 10.1 Å². The van der Waals surface area contributed by atoms with Gasteiger partial charge in [-0.1, -0.05) is 0 Å². The molecule has 0 amide bonds. The van der Waals surface area contributed by atoms with Crippen molar-refractivity contribution in [3.8, 4) is 5.75 Å². The van der Waals surface area contributed by atoms with Gasteiger partial charge in [0, 0.05) is 22.7 Å². The molecular weight excluding hydrogens is 270 g/mol. The number of nitrogens with one attached hydrogen (secondary N) is 1. The average Bonchev–Trinajstić information content (AvgIpc) is 2.90. The third-order valence-electron chi connectivity index (χ3n) is 3.05. The van der Waals surface area contributed by atoms with Crippen molar-refractivity contribution in [1.82, 2.24) is 9.97 Å². The van der Waals surface area contributed by atoms with Gasteiger partial charge in [-0.05, 0) is 36.6 Å². The summed E-state index contributed by atoms with van der Waals surface area (Å²) in [6, 6.07) is 7.96. The first kappa shape index (κ1) is 12.9. The second kappa shape index (κ2) is 5.46. The number of hydrogen-bond acceptors (Lipinski definition) is 5. The fourth-order valence-electron chi connectivity index (χ4n) is 2.07. The van der Waals surface area contributed by atoms with E-state index in [0.29, 0.717) is 6.54 Å². The number of hydrogen-bond donors (Lipinski definition) is 1. The Bertz CT molecular complexity index is 739. The van der Waals surface area contributed by atoms with Gasteiger partial charge in [0.05, 0.1) is 13.7 Å². The minimum absolute atomic E-state index is 0.691. The van der Waals surface area contributed by atoms with E-state index in [2.05, 4.69) is 20.7 Å². The van der Waals surface area contributed by atoms with Gasteiger partial charge in [0.25, 0.3) is 0 Å². The van der Waals surface area contributed by atoms with Crippen molar-refractivity contribution < 1.29 is 4.74 Å². The molecule has 1 aromatic carbocycles. The molecule has 0 spiro atoms. The lowest BCUT2D eigenvalue weighted by Crippen LogP contribution is -2.01. The summed E-state index contributed by atoms with van der Waals surface area (Å²) in [5.74, 6) is 1.73. The Labute approximate surface area is 121 Å². The standard InChI is InChI=1S/C15H15N3OS/c1-10-9-20-14(18-10)8-17-15-13-4-3-12(19-2)7-11(13)5-6-16-15/h3-7,9H,8H2,1-2H3,(H,16,17). The van der Waals surface area contributed by atoms with Crippen LogP contribution in [0.25, 0.3) is 10.8 Å². The molecule has 3 rings (SSSR count). The van der Waals surface area contributed by atoms with E-state index in [1.807, 2.05) is 31.2 Å². The topological polar surface area (TPSA) is 47.0 Å². The Morgan fingerprint density at radius 2 is 2.20 bits per heavy atom. The molecule has 0 saturated carbocycles. The monoisotopic (exact) mass is 285 g/mol. The van der Waals surface area contributed by atoms with E-state index in [0.717, 1.165) is 33.0 Å². The Morgan fingerprint density at radius 1 is 1.30 bits per heavy atom. The lowest BCUT2D eigenvalue weighted by Gasteiger charge is -2.08. The fraction of sp³-hybridized carbons (Fsp3) is 0.200. The number of aryl methyl sites for hydroxylation is 1. The number of rotatable bonds is 4. The van der Waals surface area contributed by atoms with Crippen LogP contribution in [0.3, 0.4) is 0 Å². The summed E-state index contributed by atoms with van der Waals surface area (Å²) in [4.78, 5) is 8.85. The van der Waals surface area contributed by atoms with Crippen LogP contribution in [0.4, 0.5) is 5.82 Å². The number of thiazole rings is 1. The van der Waals surface area contributed by atoms with E-state index in [4.69, 9.17) is 4.74 Å². The molecular formula is C15H15N3OS. The first-order chi connectivity index (χ1) is 9.76. The van der Waals surface area contributed by atoms with Crippen LogP contribution < -0.4 is 10.1 Å². The smallest absolute Gasteiger partial charge is 0.134 e. The highest BCUT2D eigenvalue weighted by Crippen LogP contribution is 2.25. The number of benzene rings is 1. The van der Waals surface area contributed by atoms with Crippen molar-refractivity contribution in [2.45, 2.75) is 13.5 Å². The molecule has 2 heterocycles. The first-order valence-corrected chi connectivity index (χ1v) is 7.22. The van der Waals surface area contributed by atoms with Crippen molar-refractivity contribution in [3.05, 3.63) is 46.5 Å². The lowest BCUT2D eigenvalue weighted by molar-refractivity contribution is 0.415. The summed E-state index contributed by atoms with van der Waals surface area (Å²) in [5.41, 5.74) is 1.06. The zero-order valence-corrected chi connectivity index (χ0v) is 12.2. The van der Waals surface area contributed by atoms with Gasteiger partial charge in [-0.15, -0.1) is 11.3 Å². The zero-order valence-electron chi connectivity index (χ0n) is 11.4. The summed E-state index contributed by atoms with van der Waals surface area (Å²) in [7, 11) is 1.67. The van der Waals surface area contributed by atoms with Crippen molar-refractivity contribution in [2.75, 3.05) is 12.4 Å². The molecule has 20 heavy (non-hydrogen) atoms. The van der Waals surface area contributed by atoms with Crippen molar-refractivity contribution in [1.29, 1.82) is 0 Å². The average molecular weight is 285 g/mol. The molecule has 0 saturated heterocycles. The molecule has 0 aliphatic carbocycles. The van der Waals surface area contributed by atoms with Gasteiger partial charge in [-0.25, -0.2) is 9.97 Å². The highest BCUT2D eigenvalue weighted by molar-refractivity contribution is 7.09. The van der Waals surface area contributed by atoms with E-state index < -0.39 is 0 Å². The molecule has 0 radical (unpaired) electrons. The second-order valence-electron chi connectivity index (χ2n) is 4.48. The summed E-state index contributed by atoms with van der Waals surface area (Å²) in [6.45, 7) is 2.69. The predicted molar refractivity (Wildman–Crippen MR) is 82.5 cm³/mol. The van der Waals surface area contributed by atoms with Crippen molar-refractivity contribution >= 4 is 27.9 Å². The lowest BCUT2D eigenvalue weighted by atomic mass is 10.1. The van der Waals surface area contributed by atoms with Gasteiger partial charge in [0.2, 0.25) is 0 Å². The van der Waals surface area contributed by atoms with Crippen LogP contribution in [0.15, 0.2) is 35.8 Å². The van der Waals surface area contributed by atoms with Gasteiger partial charge in [0.1, 0.15) is 16.6 Å². The molecule has 4 nitrogen and oxygen atoms in total. The molecule has 0 atom stereocenters. The number of anilines is 1. The van der Waals surface area contributed by atoms with Crippen LogP contribution in [-0.2, 0) is 6.54 Å². The third kappa shape index (κ3) is 2.58. The van der Waals surface area contributed by atoms with E-state index in [9.17, 15) is 0 Å². The molecule has 5 heteroatoms. The number of methoxy groups -OCH3 is 1. The summed E-state index contributed by atoms with van der Waals surface area (Å²) >= 11 is 1.66. The first-order valence-electron chi connectivity index (χ1n) is 6.34. The second-order valence-corrected chi connectivity index (χ2v) is 5.43. The van der Waals surface area contributed by atoms with Crippen LogP contribution in [-0.4, -0.2) is 17.1 Å². The molecule has 0 unspecified atom stereocenters. The van der Waals surface area contributed by atoms with Gasteiger partial charge in [-0.3, -0.25) is 0 Å². The van der Waals surface area contributed by atoms with E-state index in [-0.39, 0.29) is 0 Å². The molecule has 0 aliphatic rings. The highest BCUT2D eigenvalue weighted by atomic mass is 32.1. The molecule has 3 aromatic rings. The summed E-state index contributed by atoms with van der Waals surface area (Å²) in [6.07, 6.45) is 1.80. The largest absolute Gasteiger partial charge is 0.497 e. The summed E-state index contributed by atoms with van der Waals surface area (Å²) < 4.78 is 5.25. The third-order valence-corrected chi connectivity index (χ3v) is 4.01. The van der Waals surface area contributed by atoms with E-state index in [1.165, 1.54) is 0 Å². The van der Waals surface area contributed by atoms with Gasteiger partial charge >= 0.3 is 0 Å². The van der Waals surface area contributed by atoms with Crippen LogP contribution in [0, 0.1) is 6.92 Å². The predicted octanol–water partition coefficient (Wildman–Crippen LogP) is 3.62. The normalized spacial score (nSPS) is 10.7. The van der Waals surface area contributed by atoms with E-state index >= 15 is 0 Å². The maximum atomic E-state index is 5.25. The van der Waals surface area contributed by atoms with Crippen LogP contribution in [0.2, 0.25) is 0 Å². The minimum Gasteiger partial charge on any atom is -0.497 e. The molecule has 1 N–H and O–H groups in total. The Balaban J connectivity index is 1.87. The van der Waals surface area contributed by atoms with Crippen LogP contribution >= 0.6 is 11.3 Å². The van der Waals surface area contributed by atoms with Crippen LogP contribution in [0.1, 0.15) is 10.7 Å².